The van der Waals surface area contributed by atoms with E-state index in [4.69, 9.17) is 0 Å². The molecule has 0 fully saturated rings. The number of carbonyl (C=O) groups excluding carboxylic acids is 1. The van der Waals surface area contributed by atoms with Crippen LogP contribution in [0.15, 0.2) is 41.9 Å². The first kappa shape index (κ1) is 18.3. The number of nitrogens with zero attached hydrogens (tertiary/aromatic N) is 4. The minimum atomic E-state index is -0.264. The van der Waals surface area contributed by atoms with E-state index < -0.39 is 0 Å². The minimum absolute atomic E-state index is 0.104. The lowest BCUT2D eigenvalue weighted by molar-refractivity contribution is 0.0986. The zero-order valence-corrected chi connectivity index (χ0v) is 16.5. The molecule has 26 heavy (non-hydrogen) atoms. The summed E-state index contributed by atoms with van der Waals surface area (Å²) < 4.78 is 4.90. The van der Waals surface area contributed by atoms with Crippen LogP contribution in [0.1, 0.15) is 48.6 Å². The lowest BCUT2D eigenvalue weighted by atomic mass is 10.2. The summed E-state index contributed by atoms with van der Waals surface area (Å²) in [6.45, 7) is 12.5. The maximum Gasteiger partial charge on any atom is 0.297 e. The predicted molar refractivity (Wildman–Crippen MR) is 107 cm³/mol. The van der Waals surface area contributed by atoms with Gasteiger partial charge in [0.15, 0.2) is 4.80 Å². The van der Waals surface area contributed by atoms with Crippen molar-refractivity contribution in [2.24, 2.45) is 4.99 Å². The molecule has 2 heterocycles. The van der Waals surface area contributed by atoms with E-state index in [1.54, 1.807) is 10.7 Å². The van der Waals surface area contributed by atoms with Crippen molar-refractivity contribution in [2.45, 2.75) is 46.7 Å². The summed E-state index contributed by atoms with van der Waals surface area (Å²) in [6.07, 6.45) is 2.81. The number of thiazole rings is 1. The fourth-order valence-electron chi connectivity index (χ4n) is 2.94. The average Bonchev–Trinajstić information content (AvgIpc) is 3.16. The molecule has 6 heteroatoms. The summed E-state index contributed by atoms with van der Waals surface area (Å²) in [4.78, 5) is 18.0. The number of allylic oxidation sites excluding steroid dienone is 1. The van der Waals surface area contributed by atoms with Crippen LogP contribution in [-0.4, -0.2) is 20.3 Å². The Kier molecular flexibility index (Phi) is 5.23. The Labute approximate surface area is 157 Å². The number of aromatic nitrogens is 3. The normalized spacial score (nSPS) is 12.3. The van der Waals surface area contributed by atoms with Crippen molar-refractivity contribution in [1.29, 1.82) is 0 Å². The van der Waals surface area contributed by atoms with Gasteiger partial charge in [-0.25, -0.2) is 0 Å². The Morgan fingerprint density at radius 3 is 2.81 bits per heavy atom. The van der Waals surface area contributed by atoms with E-state index in [-0.39, 0.29) is 11.9 Å². The SMILES string of the molecule is C=CCn1c(=NC(=O)c2cc(C)nn2C(C)C)sc2cc(CC)ccc21. The van der Waals surface area contributed by atoms with Crippen molar-refractivity contribution >= 4 is 27.5 Å². The second-order valence-electron chi connectivity index (χ2n) is 6.57. The minimum Gasteiger partial charge on any atom is -0.312 e. The Balaban J connectivity index is 2.15. The van der Waals surface area contributed by atoms with Gasteiger partial charge < -0.3 is 4.57 Å². The predicted octanol–water partition coefficient (Wildman–Crippen LogP) is 4.28. The number of benzene rings is 1. The van der Waals surface area contributed by atoms with Crippen molar-refractivity contribution in [1.82, 2.24) is 14.3 Å². The highest BCUT2D eigenvalue weighted by Gasteiger charge is 2.16. The summed E-state index contributed by atoms with van der Waals surface area (Å²) >= 11 is 1.54. The molecule has 0 saturated heterocycles. The van der Waals surface area contributed by atoms with Gasteiger partial charge in [0.05, 0.1) is 15.9 Å². The molecule has 0 spiro atoms. The first-order valence-electron chi connectivity index (χ1n) is 8.83. The lowest BCUT2D eigenvalue weighted by Crippen LogP contribution is -2.18. The molecule has 0 aliphatic rings. The molecule has 2 aromatic heterocycles. The van der Waals surface area contributed by atoms with Crippen molar-refractivity contribution in [3.8, 4) is 0 Å². The number of hydrogen-bond acceptors (Lipinski definition) is 3. The molecule has 3 aromatic rings. The van der Waals surface area contributed by atoms with E-state index in [2.05, 4.69) is 41.8 Å². The first-order chi connectivity index (χ1) is 12.4. The summed E-state index contributed by atoms with van der Waals surface area (Å²) in [5.41, 5.74) is 3.69. The molecule has 5 nitrogen and oxygen atoms in total. The summed E-state index contributed by atoms with van der Waals surface area (Å²) in [6, 6.07) is 8.29. The smallest absolute Gasteiger partial charge is 0.297 e. The van der Waals surface area contributed by atoms with Crippen molar-refractivity contribution < 1.29 is 4.79 Å². The second-order valence-corrected chi connectivity index (χ2v) is 7.57. The van der Waals surface area contributed by atoms with Gasteiger partial charge in [0.1, 0.15) is 5.69 Å². The first-order valence-corrected chi connectivity index (χ1v) is 9.64. The molecule has 3 rings (SSSR count). The zero-order valence-electron chi connectivity index (χ0n) is 15.7. The maximum atomic E-state index is 12.8. The third-order valence-electron chi connectivity index (χ3n) is 4.23. The van der Waals surface area contributed by atoms with E-state index in [1.807, 2.05) is 31.4 Å². The van der Waals surface area contributed by atoms with Crippen LogP contribution in [0.5, 0.6) is 0 Å². The number of fused-ring (bicyclic) bond motifs is 1. The number of hydrogen-bond donors (Lipinski definition) is 0. The Morgan fingerprint density at radius 1 is 1.38 bits per heavy atom. The molecule has 0 atom stereocenters. The van der Waals surface area contributed by atoms with Gasteiger partial charge in [-0.3, -0.25) is 9.48 Å². The Morgan fingerprint density at radius 2 is 2.15 bits per heavy atom. The summed E-state index contributed by atoms with van der Waals surface area (Å²) in [5, 5.41) is 4.41. The van der Waals surface area contributed by atoms with Gasteiger partial charge in [-0.05, 0) is 51.0 Å². The fraction of sp³-hybridized carbons (Fsp3) is 0.350. The lowest BCUT2D eigenvalue weighted by Gasteiger charge is -2.08. The second kappa shape index (κ2) is 7.41. The van der Waals surface area contributed by atoms with Gasteiger partial charge in [-0.1, -0.05) is 30.4 Å². The Bertz CT molecular complexity index is 1040. The number of rotatable bonds is 5. The van der Waals surface area contributed by atoms with Crippen LogP contribution in [0.25, 0.3) is 10.2 Å². The van der Waals surface area contributed by atoms with Gasteiger partial charge in [0, 0.05) is 12.6 Å². The van der Waals surface area contributed by atoms with E-state index >= 15 is 0 Å². The van der Waals surface area contributed by atoms with E-state index in [0.717, 1.165) is 22.3 Å². The molecule has 0 unspecified atom stereocenters. The van der Waals surface area contributed by atoms with Crippen LogP contribution in [0.4, 0.5) is 0 Å². The molecule has 1 aromatic carbocycles. The number of amides is 1. The van der Waals surface area contributed by atoms with Crippen LogP contribution >= 0.6 is 11.3 Å². The molecule has 0 aliphatic heterocycles. The molecule has 1 amide bonds. The number of carbonyl (C=O) groups is 1. The van der Waals surface area contributed by atoms with Crippen LogP contribution in [0, 0.1) is 6.92 Å². The largest absolute Gasteiger partial charge is 0.312 e. The molecule has 136 valence electrons. The van der Waals surface area contributed by atoms with Gasteiger partial charge in [-0.2, -0.15) is 10.1 Å². The highest BCUT2D eigenvalue weighted by molar-refractivity contribution is 7.16. The quantitative estimate of drug-likeness (QED) is 0.631. The monoisotopic (exact) mass is 368 g/mol. The van der Waals surface area contributed by atoms with Gasteiger partial charge >= 0.3 is 0 Å². The highest BCUT2D eigenvalue weighted by atomic mass is 32.1. The molecule has 0 N–H and O–H groups in total. The molecule has 0 bridgehead atoms. The number of aryl methyl sites for hydroxylation is 2. The average molecular weight is 369 g/mol. The topological polar surface area (TPSA) is 52.2 Å². The molecule has 0 radical (unpaired) electrons. The van der Waals surface area contributed by atoms with Gasteiger partial charge in [0.25, 0.3) is 5.91 Å². The van der Waals surface area contributed by atoms with Gasteiger partial charge in [-0.15, -0.1) is 6.58 Å². The third-order valence-corrected chi connectivity index (χ3v) is 5.27. The van der Waals surface area contributed by atoms with Crippen molar-refractivity contribution in [3.63, 3.8) is 0 Å². The Hall–Kier alpha value is -2.47. The standard InChI is InChI=1S/C20H24N4OS/c1-6-10-23-16-9-8-15(7-2)12-18(16)26-20(23)21-19(25)17-11-14(5)22-24(17)13(3)4/h6,8-9,11-13H,1,7,10H2,2-5H3. The van der Waals surface area contributed by atoms with E-state index in [9.17, 15) is 4.79 Å². The van der Waals surface area contributed by atoms with Crippen LogP contribution < -0.4 is 4.80 Å². The third kappa shape index (κ3) is 3.42. The highest BCUT2D eigenvalue weighted by Crippen LogP contribution is 2.20. The van der Waals surface area contributed by atoms with E-state index in [0.29, 0.717) is 17.0 Å². The van der Waals surface area contributed by atoms with Crippen LogP contribution in [0.3, 0.4) is 0 Å². The van der Waals surface area contributed by atoms with Crippen LogP contribution in [0.2, 0.25) is 0 Å². The summed E-state index contributed by atoms with van der Waals surface area (Å²) in [5.74, 6) is -0.264. The summed E-state index contributed by atoms with van der Waals surface area (Å²) in [7, 11) is 0. The van der Waals surface area contributed by atoms with Gasteiger partial charge in [0.2, 0.25) is 0 Å². The molecular formula is C20H24N4OS. The molecular weight excluding hydrogens is 344 g/mol. The molecule has 0 aliphatic carbocycles. The maximum absolute atomic E-state index is 12.8. The zero-order chi connectivity index (χ0) is 18.8. The van der Waals surface area contributed by atoms with Crippen molar-refractivity contribution in [2.75, 3.05) is 0 Å². The van der Waals surface area contributed by atoms with Crippen molar-refractivity contribution in [3.05, 3.63) is 58.7 Å². The van der Waals surface area contributed by atoms with E-state index in [1.165, 1.54) is 16.9 Å². The fourth-order valence-corrected chi connectivity index (χ4v) is 4.04. The molecule has 0 saturated carbocycles. The van der Waals surface area contributed by atoms with Crippen LogP contribution in [-0.2, 0) is 13.0 Å².